The van der Waals surface area contributed by atoms with Gasteiger partial charge in [-0.25, -0.2) is 0 Å². The third kappa shape index (κ3) is 5.63. The predicted molar refractivity (Wildman–Crippen MR) is 107 cm³/mol. The first-order valence-corrected chi connectivity index (χ1v) is 9.48. The number of benzene rings is 2. The molecule has 5 heteroatoms. The molecule has 138 valence electrons. The van der Waals surface area contributed by atoms with Crippen molar-refractivity contribution in [3.63, 3.8) is 0 Å². The Bertz CT molecular complexity index is 807. The Morgan fingerprint density at radius 3 is 2.23 bits per heavy atom. The van der Waals surface area contributed by atoms with Crippen LogP contribution in [0.4, 0.5) is 5.69 Å². The van der Waals surface area contributed by atoms with Crippen LogP contribution in [0.1, 0.15) is 27.8 Å². The van der Waals surface area contributed by atoms with Crippen LogP contribution >= 0.6 is 11.8 Å². The van der Waals surface area contributed by atoms with Crippen LogP contribution in [-0.4, -0.2) is 24.2 Å². The van der Waals surface area contributed by atoms with Crippen molar-refractivity contribution >= 4 is 29.3 Å². The second kappa shape index (κ2) is 8.90. The van der Waals surface area contributed by atoms with Gasteiger partial charge in [-0.1, -0.05) is 35.4 Å². The molecule has 26 heavy (non-hydrogen) atoms. The maximum Gasteiger partial charge on any atom is 0.316 e. The van der Waals surface area contributed by atoms with Gasteiger partial charge in [0.1, 0.15) is 0 Å². The van der Waals surface area contributed by atoms with Crippen molar-refractivity contribution in [1.82, 2.24) is 0 Å². The van der Waals surface area contributed by atoms with Gasteiger partial charge in [-0.05, 0) is 57.4 Å². The monoisotopic (exact) mass is 371 g/mol. The molecule has 0 aliphatic carbocycles. The third-order valence-corrected chi connectivity index (χ3v) is 5.13. The summed E-state index contributed by atoms with van der Waals surface area (Å²) in [6.45, 7) is 9.65. The van der Waals surface area contributed by atoms with Gasteiger partial charge in [0, 0.05) is 10.6 Å². The molecule has 1 N–H and O–H groups in total. The molecule has 0 saturated heterocycles. The Hall–Kier alpha value is -2.27. The fraction of sp³-hybridized carbons (Fsp3) is 0.333. The summed E-state index contributed by atoms with van der Waals surface area (Å²) in [6.07, 6.45) is 0. The molecule has 2 aromatic carbocycles. The molecule has 0 saturated carbocycles. The summed E-state index contributed by atoms with van der Waals surface area (Å²) in [4.78, 5) is 25.1. The van der Waals surface area contributed by atoms with E-state index in [1.165, 1.54) is 11.8 Å². The number of carbonyl (C=O) groups is 2. The largest absolute Gasteiger partial charge is 0.455 e. The van der Waals surface area contributed by atoms with Crippen molar-refractivity contribution in [3.8, 4) is 0 Å². The van der Waals surface area contributed by atoms with Crippen molar-refractivity contribution < 1.29 is 14.3 Å². The Balaban J connectivity index is 1.84. The molecule has 1 amide bonds. The third-order valence-electron chi connectivity index (χ3n) is 3.99. The predicted octanol–water partition coefficient (Wildman–Crippen LogP) is 4.50. The Labute approximate surface area is 159 Å². The van der Waals surface area contributed by atoms with Gasteiger partial charge in [-0.3, -0.25) is 9.59 Å². The summed E-state index contributed by atoms with van der Waals surface area (Å²) in [5.74, 6) is -0.547. The van der Waals surface area contributed by atoms with Crippen LogP contribution in [0.3, 0.4) is 0 Å². The van der Waals surface area contributed by atoms with Gasteiger partial charge in [0.15, 0.2) is 6.61 Å². The molecular formula is C21H25NO3S. The number of carbonyl (C=O) groups excluding carboxylic acids is 2. The number of hydrogen-bond acceptors (Lipinski definition) is 4. The highest BCUT2D eigenvalue weighted by atomic mass is 32.2. The quantitative estimate of drug-likeness (QED) is 0.600. The first kappa shape index (κ1) is 20.0. The average Bonchev–Trinajstić information content (AvgIpc) is 2.57. The van der Waals surface area contributed by atoms with Crippen molar-refractivity contribution in [2.24, 2.45) is 0 Å². The van der Waals surface area contributed by atoms with Crippen molar-refractivity contribution in [1.29, 1.82) is 0 Å². The highest BCUT2D eigenvalue weighted by Gasteiger charge is 2.12. The van der Waals surface area contributed by atoms with E-state index in [-0.39, 0.29) is 18.3 Å². The number of amides is 1. The number of esters is 1. The van der Waals surface area contributed by atoms with E-state index in [1.54, 1.807) is 0 Å². The fourth-order valence-corrected chi connectivity index (χ4v) is 3.66. The summed E-state index contributed by atoms with van der Waals surface area (Å²) >= 11 is 1.43. The van der Waals surface area contributed by atoms with Gasteiger partial charge in [0.05, 0.1) is 5.75 Å². The Morgan fingerprint density at radius 1 is 0.923 bits per heavy atom. The number of thioether (sulfide) groups is 1. The van der Waals surface area contributed by atoms with Crippen LogP contribution in [0.15, 0.2) is 35.2 Å². The minimum atomic E-state index is -0.400. The summed E-state index contributed by atoms with van der Waals surface area (Å²) in [5.41, 5.74) is 6.18. The van der Waals surface area contributed by atoms with E-state index in [4.69, 9.17) is 4.74 Å². The number of hydrogen-bond donors (Lipinski definition) is 1. The minimum absolute atomic E-state index is 0.181. The topological polar surface area (TPSA) is 55.4 Å². The molecule has 2 rings (SSSR count). The van der Waals surface area contributed by atoms with E-state index in [0.29, 0.717) is 0 Å². The highest BCUT2D eigenvalue weighted by Crippen LogP contribution is 2.24. The molecule has 0 aromatic heterocycles. The molecule has 0 unspecified atom stereocenters. The molecule has 0 bridgehead atoms. The van der Waals surface area contributed by atoms with E-state index < -0.39 is 5.97 Å². The van der Waals surface area contributed by atoms with Crippen LogP contribution in [-0.2, 0) is 14.3 Å². The van der Waals surface area contributed by atoms with Gasteiger partial charge >= 0.3 is 5.97 Å². The lowest BCUT2D eigenvalue weighted by Crippen LogP contribution is -2.22. The van der Waals surface area contributed by atoms with Crippen LogP contribution in [0.5, 0.6) is 0 Å². The van der Waals surface area contributed by atoms with E-state index >= 15 is 0 Å². The fourth-order valence-electron chi connectivity index (χ4n) is 2.74. The maximum absolute atomic E-state index is 12.1. The lowest BCUT2D eigenvalue weighted by atomic mass is 10.1. The first-order chi connectivity index (χ1) is 12.3. The standard InChI is InChI=1S/C21H25NO3S/c1-13-6-7-15(3)18(10-13)26-12-20(24)25-11-19(23)22-21-16(4)8-14(2)9-17(21)5/h6-10H,11-12H2,1-5H3,(H,22,23). The first-order valence-electron chi connectivity index (χ1n) is 8.49. The highest BCUT2D eigenvalue weighted by molar-refractivity contribution is 8.00. The van der Waals surface area contributed by atoms with E-state index in [0.717, 1.165) is 38.4 Å². The van der Waals surface area contributed by atoms with Gasteiger partial charge < -0.3 is 10.1 Å². The van der Waals surface area contributed by atoms with Gasteiger partial charge in [-0.15, -0.1) is 11.8 Å². The molecule has 0 fully saturated rings. The van der Waals surface area contributed by atoms with Gasteiger partial charge in [0.2, 0.25) is 0 Å². The van der Waals surface area contributed by atoms with E-state index in [9.17, 15) is 9.59 Å². The van der Waals surface area contributed by atoms with Crippen molar-refractivity contribution in [2.75, 3.05) is 17.7 Å². The molecule has 0 heterocycles. The summed E-state index contributed by atoms with van der Waals surface area (Å²) in [7, 11) is 0. The summed E-state index contributed by atoms with van der Waals surface area (Å²) in [6, 6.07) is 10.1. The number of rotatable bonds is 6. The Morgan fingerprint density at radius 2 is 1.58 bits per heavy atom. The molecule has 0 radical (unpaired) electrons. The van der Waals surface area contributed by atoms with Crippen LogP contribution < -0.4 is 5.32 Å². The Kier molecular flexibility index (Phi) is 6.86. The number of nitrogens with one attached hydrogen (secondary N) is 1. The summed E-state index contributed by atoms with van der Waals surface area (Å²) in [5, 5.41) is 2.83. The van der Waals surface area contributed by atoms with E-state index in [2.05, 4.69) is 5.32 Å². The average molecular weight is 372 g/mol. The smallest absolute Gasteiger partial charge is 0.316 e. The molecule has 0 spiro atoms. The lowest BCUT2D eigenvalue weighted by molar-refractivity contribution is -0.144. The number of ether oxygens (including phenoxy) is 1. The van der Waals surface area contributed by atoms with E-state index in [1.807, 2.05) is 65.0 Å². The molecule has 2 aromatic rings. The minimum Gasteiger partial charge on any atom is -0.455 e. The van der Waals surface area contributed by atoms with Crippen LogP contribution in [0, 0.1) is 34.6 Å². The number of anilines is 1. The van der Waals surface area contributed by atoms with Crippen molar-refractivity contribution in [3.05, 3.63) is 58.1 Å². The molecular weight excluding hydrogens is 346 g/mol. The zero-order valence-corrected chi connectivity index (χ0v) is 16.8. The second-order valence-corrected chi connectivity index (χ2v) is 7.56. The maximum atomic E-state index is 12.1. The number of aryl methyl sites for hydroxylation is 5. The van der Waals surface area contributed by atoms with Gasteiger partial charge in [0.25, 0.3) is 5.91 Å². The molecule has 4 nitrogen and oxygen atoms in total. The summed E-state index contributed by atoms with van der Waals surface area (Å²) < 4.78 is 5.10. The van der Waals surface area contributed by atoms with Crippen LogP contribution in [0.2, 0.25) is 0 Å². The van der Waals surface area contributed by atoms with Crippen molar-refractivity contribution in [2.45, 2.75) is 39.5 Å². The van der Waals surface area contributed by atoms with Gasteiger partial charge in [-0.2, -0.15) is 0 Å². The second-order valence-electron chi connectivity index (χ2n) is 6.54. The molecule has 0 aliphatic rings. The van der Waals surface area contributed by atoms with Crippen LogP contribution in [0.25, 0.3) is 0 Å². The zero-order valence-electron chi connectivity index (χ0n) is 15.9. The lowest BCUT2D eigenvalue weighted by Gasteiger charge is -2.13. The molecule has 0 atom stereocenters. The zero-order chi connectivity index (χ0) is 19.3. The molecule has 0 aliphatic heterocycles. The normalized spacial score (nSPS) is 10.5. The SMILES string of the molecule is Cc1cc(C)c(NC(=O)COC(=O)CSc2cc(C)ccc2C)c(C)c1.